The van der Waals surface area contributed by atoms with Crippen LogP contribution in [0.25, 0.3) is 0 Å². The standard InChI is InChI=1S/C9H16N2O2/c1-3-7-6-11(9(13)10-2)5-4-8(7)12/h7H,3-6H2,1-2H3,(H,10,13). The number of piperidine rings is 1. The zero-order valence-corrected chi connectivity index (χ0v) is 8.17. The number of nitrogens with one attached hydrogen (secondary N) is 1. The number of urea groups is 1. The quantitative estimate of drug-likeness (QED) is 0.649. The van der Waals surface area contributed by atoms with E-state index in [0.717, 1.165) is 6.42 Å². The fourth-order valence-electron chi connectivity index (χ4n) is 1.61. The van der Waals surface area contributed by atoms with Crippen LogP contribution in [0.1, 0.15) is 19.8 Å². The van der Waals surface area contributed by atoms with Gasteiger partial charge in [0.15, 0.2) is 0 Å². The summed E-state index contributed by atoms with van der Waals surface area (Å²) in [6.45, 7) is 3.12. The molecule has 0 bridgehead atoms. The first-order valence-electron chi connectivity index (χ1n) is 4.68. The molecule has 0 spiro atoms. The van der Waals surface area contributed by atoms with Crippen LogP contribution in [0, 0.1) is 5.92 Å². The zero-order valence-electron chi connectivity index (χ0n) is 8.17. The molecule has 13 heavy (non-hydrogen) atoms. The zero-order chi connectivity index (χ0) is 9.84. The Hall–Kier alpha value is -1.06. The van der Waals surface area contributed by atoms with E-state index >= 15 is 0 Å². The van der Waals surface area contributed by atoms with Crippen LogP contribution in [0.5, 0.6) is 0 Å². The van der Waals surface area contributed by atoms with Gasteiger partial charge < -0.3 is 10.2 Å². The van der Waals surface area contributed by atoms with E-state index in [1.54, 1.807) is 11.9 Å². The average Bonchev–Trinajstić information content (AvgIpc) is 2.17. The van der Waals surface area contributed by atoms with E-state index in [1.165, 1.54) is 0 Å². The van der Waals surface area contributed by atoms with Crippen molar-refractivity contribution in [2.75, 3.05) is 20.1 Å². The molecule has 1 fully saturated rings. The van der Waals surface area contributed by atoms with Crippen molar-refractivity contribution in [2.45, 2.75) is 19.8 Å². The number of nitrogens with zero attached hydrogens (tertiary/aromatic N) is 1. The number of carbonyl (C=O) groups is 2. The Kier molecular flexibility index (Phi) is 3.28. The van der Waals surface area contributed by atoms with E-state index in [-0.39, 0.29) is 11.9 Å². The highest BCUT2D eigenvalue weighted by Gasteiger charge is 2.27. The summed E-state index contributed by atoms with van der Waals surface area (Å²) in [7, 11) is 1.61. The van der Waals surface area contributed by atoms with Gasteiger partial charge in [-0.25, -0.2) is 4.79 Å². The Morgan fingerprint density at radius 3 is 2.92 bits per heavy atom. The lowest BCUT2D eigenvalue weighted by Crippen LogP contribution is -2.47. The SMILES string of the molecule is CCC1CN(C(=O)NC)CCC1=O. The van der Waals surface area contributed by atoms with Gasteiger partial charge in [-0.1, -0.05) is 6.92 Å². The van der Waals surface area contributed by atoms with Gasteiger partial charge in [0.2, 0.25) is 0 Å². The molecule has 74 valence electrons. The molecule has 1 saturated heterocycles. The van der Waals surface area contributed by atoms with Crippen molar-refractivity contribution in [3.05, 3.63) is 0 Å². The monoisotopic (exact) mass is 184 g/mol. The van der Waals surface area contributed by atoms with E-state index in [9.17, 15) is 9.59 Å². The third-order valence-corrected chi connectivity index (χ3v) is 2.52. The van der Waals surface area contributed by atoms with Crippen LogP contribution < -0.4 is 5.32 Å². The number of Topliss-reactive ketones (excluding diaryl/α,β-unsaturated/α-hetero) is 1. The fourth-order valence-corrected chi connectivity index (χ4v) is 1.61. The first kappa shape index (κ1) is 10.0. The molecule has 0 aromatic heterocycles. The van der Waals surface area contributed by atoms with E-state index in [2.05, 4.69) is 5.32 Å². The fraction of sp³-hybridized carbons (Fsp3) is 0.778. The molecule has 0 saturated carbocycles. The topological polar surface area (TPSA) is 49.4 Å². The largest absolute Gasteiger partial charge is 0.341 e. The van der Waals surface area contributed by atoms with Gasteiger partial charge in [-0.15, -0.1) is 0 Å². The molecule has 0 radical (unpaired) electrons. The maximum absolute atomic E-state index is 11.3. The number of amides is 2. The second-order valence-corrected chi connectivity index (χ2v) is 3.32. The van der Waals surface area contributed by atoms with Gasteiger partial charge >= 0.3 is 6.03 Å². The van der Waals surface area contributed by atoms with Gasteiger partial charge in [0.05, 0.1) is 0 Å². The van der Waals surface area contributed by atoms with Crippen LogP contribution in [-0.4, -0.2) is 36.9 Å². The molecule has 0 aliphatic carbocycles. The smallest absolute Gasteiger partial charge is 0.317 e. The van der Waals surface area contributed by atoms with Crippen molar-refractivity contribution in [2.24, 2.45) is 5.92 Å². The Bertz CT molecular complexity index is 216. The Labute approximate surface area is 78.3 Å². The molecule has 2 amide bonds. The minimum Gasteiger partial charge on any atom is -0.341 e. The van der Waals surface area contributed by atoms with Gasteiger partial charge in [0.25, 0.3) is 0 Å². The number of likely N-dealkylation sites (tertiary alicyclic amines) is 1. The Balaban J connectivity index is 2.54. The predicted molar refractivity (Wildman–Crippen MR) is 49.4 cm³/mol. The number of carbonyl (C=O) groups excluding carboxylic acids is 2. The minimum absolute atomic E-state index is 0.0473. The van der Waals surface area contributed by atoms with E-state index in [0.29, 0.717) is 25.3 Å². The molecule has 1 unspecified atom stereocenters. The van der Waals surface area contributed by atoms with Crippen molar-refractivity contribution in [1.82, 2.24) is 10.2 Å². The second-order valence-electron chi connectivity index (χ2n) is 3.32. The second kappa shape index (κ2) is 4.25. The van der Waals surface area contributed by atoms with E-state index in [1.807, 2.05) is 6.92 Å². The molecule has 4 nitrogen and oxygen atoms in total. The first-order chi connectivity index (χ1) is 6.19. The normalized spacial score (nSPS) is 23.1. The molecule has 1 aliphatic heterocycles. The van der Waals surface area contributed by atoms with Crippen molar-refractivity contribution < 1.29 is 9.59 Å². The minimum atomic E-state index is -0.0778. The highest BCUT2D eigenvalue weighted by molar-refractivity contribution is 5.84. The number of rotatable bonds is 1. The maximum atomic E-state index is 11.3. The summed E-state index contributed by atoms with van der Waals surface area (Å²) in [6, 6.07) is -0.0778. The van der Waals surface area contributed by atoms with Gasteiger partial charge in [0, 0.05) is 32.5 Å². The maximum Gasteiger partial charge on any atom is 0.317 e. The molecule has 1 N–H and O–H groups in total. The molecule has 1 aliphatic rings. The van der Waals surface area contributed by atoms with Gasteiger partial charge in [-0.2, -0.15) is 0 Å². The number of ketones is 1. The summed E-state index contributed by atoms with van der Waals surface area (Å²) in [5.74, 6) is 0.341. The highest BCUT2D eigenvalue weighted by Crippen LogP contribution is 2.15. The summed E-state index contributed by atoms with van der Waals surface area (Å²) in [5, 5.41) is 2.57. The van der Waals surface area contributed by atoms with Crippen LogP contribution in [0.3, 0.4) is 0 Å². The van der Waals surface area contributed by atoms with Crippen molar-refractivity contribution in [3.8, 4) is 0 Å². The van der Waals surface area contributed by atoms with Crippen LogP contribution in [0.2, 0.25) is 0 Å². The molecule has 4 heteroatoms. The third kappa shape index (κ3) is 2.20. The molecule has 1 atom stereocenters. The average molecular weight is 184 g/mol. The third-order valence-electron chi connectivity index (χ3n) is 2.52. The number of hydrogen-bond donors (Lipinski definition) is 1. The van der Waals surface area contributed by atoms with Gasteiger partial charge in [-0.05, 0) is 6.42 Å². The van der Waals surface area contributed by atoms with Crippen LogP contribution in [0.4, 0.5) is 4.79 Å². The highest BCUT2D eigenvalue weighted by atomic mass is 16.2. The van der Waals surface area contributed by atoms with Crippen molar-refractivity contribution in [1.29, 1.82) is 0 Å². The molecular formula is C9H16N2O2. The van der Waals surface area contributed by atoms with Crippen molar-refractivity contribution in [3.63, 3.8) is 0 Å². The first-order valence-corrected chi connectivity index (χ1v) is 4.68. The molecule has 1 rings (SSSR count). The summed E-state index contributed by atoms with van der Waals surface area (Å²) < 4.78 is 0. The van der Waals surface area contributed by atoms with Gasteiger partial charge in [0.1, 0.15) is 5.78 Å². The van der Waals surface area contributed by atoms with E-state index in [4.69, 9.17) is 0 Å². The van der Waals surface area contributed by atoms with Crippen LogP contribution in [-0.2, 0) is 4.79 Å². The van der Waals surface area contributed by atoms with E-state index < -0.39 is 0 Å². The lowest BCUT2D eigenvalue weighted by atomic mass is 9.94. The lowest BCUT2D eigenvalue weighted by Gasteiger charge is -2.30. The molecule has 1 heterocycles. The van der Waals surface area contributed by atoms with Crippen LogP contribution >= 0.6 is 0 Å². The summed E-state index contributed by atoms with van der Waals surface area (Å²) >= 11 is 0. The van der Waals surface area contributed by atoms with Gasteiger partial charge in [-0.3, -0.25) is 4.79 Å². The number of hydrogen-bond acceptors (Lipinski definition) is 2. The predicted octanol–water partition coefficient (Wildman–Crippen LogP) is 0.627. The van der Waals surface area contributed by atoms with Crippen LogP contribution in [0.15, 0.2) is 0 Å². The summed E-state index contributed by atoms with van der Waals surface area (Å²) in [5.41, 5.74) is 0. The molecule has 0 aromatic carbocycles. The molecular weight excluding hydrogens is 168 g/mol. The lowest BCUT2D eigenvalue weighted by molar-refractivity contribution is -0.125. The van der Waals surface area contributed by atoms with Crippen molar-refractivity contribution >= 4 is 11.8 Å². The molecule has 0 aromatic rings. The Morgan fingerprint density at radius 2 is 2.38 bits per heavy atom. The summed E-state index contributed by atoms with van der Waals surface area (Å²) in [6.07, 6.45) is 1.33. The summed E-state index contributed by atoms with van der Waals surface area (Å²) in [4.78, 5) is 24.3. The Morgan fingerprint density at radius 1 is 1.69 bits per heavy atom.